The van der Waals surface area contributed by atoms with Crippen LogP contribution in [0.3, 0.4) is 0 Å². The molecule has 2 N–H and O–H groups in total. The van der Waals surface area contributed by atoms with Crippen molar-refractivity contribution < 1.29 is 0 Å². The van der Waals surface area contributed by atoms with Crippen molar-refractivity contribution in [1.29, 1.82) is 0 Å². The van der Waals surface area contributed by atoms with E-state index in [0.29, 0.717) is 11.9 Å². The van der Waals surface area contributed by atoms with Gasteiger partial charge in [-0.3, -0.25) is 0 Å². The van der Waals surface area contributed by atoms with Crippen LogP contribution < -0.4 is 5.73 Å². The van der Waals surface area contributed by atoms with Gasteiger partial charge in [0.05, 0.1) is 16.9 Å². The third-order valence-corrected chi connectivity index (χ3v) is 3.67. The first-order chi connectivity index (χ1) is 9.10. The summed E-state index contributed by atoms with van der Waals surface area (Å²) in [6, 6.07) is 8.65. The molecule has 4 heteroatoms. The highest BCUT2D eigenvalue weighted by Gasteiger charge is 2.14. The van der Waals surface area contributed by atoms with Gasteiger partial charge in [-0.1, -0.05) is 19.1 Å². The highest BCUT2D eigenvalue weighted by molar-refractivity contribution is 5.96. The fourth-order valence-electron chi connectivity index (χ4n) is 2.33. The molecule has 0 amide bonds. The summed E-state index contributed by atoms with van der Waals surface area (Å²) in [6.07, 6.45) is 1.00. The van der Waals surface area contributed by atoms with Crippen molar-refractivity contribution in [2.75, 3.05) is 5.73 Å². The van der Waals surface area contributed by atoms with Gasteiger partial charge in [0, 0.05) is 5.39 Å². The second-order valence-electron chi connectivity index (χ2n) is 5.14. The van der Waals surface area contributed by atoms with Crippen molar-refractivity contribution in [1.82, 2.24) is 14.8 Å². The number of hydrogen-bond acceptors (Lipinski definition) is 3. The summed E-state index contributed by atoms with van der Waals surface area (Å²) in [5.74, 6) is 0.560. The summed E-state index contributed by atoms with van der Waals surface area (Å²) in [7, 11) is 0. The monoisotopic (exact) mass is 254 g/mol. The van der Waals surface area contributed by atoms with Crippen molar-refractivity contribution in [2.24, 2.45) is 0 Å². The molecule has 2 heterocycles. The molecule has 0 unspecified atom stereocenters. The van der Waals surface area contributed by atoms with E-state index < -0.39 is 0 Å². The second kappa shape index (κ2) is 4.23. The maximum atomic E-state index is 6.02. The van der Waals surface area contributed by atoms with Gasteiger partial charge in [-0.2, -0.15) is 5.10 Å². The number of anilines is 1. The van der Waals surface area contributed by atoms with Crippen LogP contribution in [0.25, 0.3) is 21.9 Å². The number of aromatic nitrogens is 3. The fraction of sp³-hybridized carbons (Fsp3) is 0.333. The van der Waals surface area contributed by atoms with Gasteiger partial charge in [-0.25, -0.2) is 9.67 Å². The van der Waals surface area contributed by atoms with Gasteiger partial charge in [-0.05, 0) is 38.0 Å². The summed E-state index contributed by atoms with van der Waals surface area (Å²) >= 11 is 0. The third-order valence-electron chi connectivity index (χ3n) is 3.67. The van der Waals surface area contributed by atoms with Gasteiger partial charge in [0.25, 0.3) is 0 Å². The number of rotatable bonds is 2. The summed E-state index contributed by atoms with van der Waals surface area (Å²) in [5, 5.41) is 6.48. The van der Waals surface area contributed by atoms with E-state index in [4.69, 9.17) is 10.7 Å². The number of pyridine rings is 1. The normalized spacial score (nSPS) is 13.2. The van der Waals surface area contributed by atoms with E-state index in [1.54, 1.807) is 0 Å². The smallest absolute Gasteiger partial charge is 0.160 e. The van der Waals surface area contributed by atoms with Gasteiger partial charge in [-0.15, -0.1) is 0 Å². The number of nitrogens with two attached hydrogens (primary N) is 1. The first kappa shape index (κ1) is 12.0. The topological polar surface area (TPSA) is 56.7 Å². The zero-order chi connectivity index (χ0) is 13.6. The molecular weight excluding hydrogens is 236 g/mol. The van der Waals surface area contributed by atoms with E-state index in [9.17, 15) is 0 Å². The molecule has 3 rings (SSSR count). The van der Waals surface area contributed by atoms with Crippen LogP contribution in [-0.4, -0.2) is 14.8 Å². The summed E-state index contributed by atoms with van der Waals surface area (Å²) in [5.41, 5.74) is 9.11. The average molecular weight is 254 g/mol. The van der Waals surface area contributed by atoms with Gasteiger partial charge < -0.3 is 5.73 Å². The maximum Gasteiger partial charge on any atom is 0.160 e. The Bertz CT molecular complexity index is 758. The van der Waals surface area contributed by atoms with E-state index >= 15 is 0 Å². The van der Waals surface area contributed by atoms with E-state index in [1.165, 1.54) is 5.56 Å². The molecule has 3 aromatic rings. The predicted octanol–water partition coefficient (Wildman–Crippen LogP) is 3.45. The highest BCUT2D eigenvalue weighted by atomic mass is 15.3. The number of nitrogen functional groups attached to an aromatic ring is 1. The SMILES string of the molecule is CC[C@H](C)n1nc(N)c2cc3ccc(C)cc3nc21. The molecule has 0 spiro atoms. The lowest BCUT2D eigenvalue weighted by molar-refractivity contribution is 0.492. The number of hydrogen-bond donors (Lipinski definition) is 1. The van der Waals surface area contributed by atoms with Gasteiger partial charge in [0.2, 0.25) is 0 Å². The first-order valence-electron chi connectivity index (χ1n) is 6.65. The average Bonchev–Trinajstić information content (AvgIpc) is 2.72. The van der Waals surface area contributed by atoms with E-state index in [1.807, 2.05) is 4.68 Å². The van der Waals surface area contributed by atoms with Crippen LogP contribution in [0.5, 0.6) is 0 Å². The highest BCUT2D eigenvalue weighted by Crippen LogP contribution is 2.27. The molecule has 1 aromatic carbocycles. The molecule has 19 heavy (non-hydrogen) atoms. The lowest BCUT2D eigenvalue weighted by Gasteiger charge is -2.10. The Morgan fingerprint density at radius 3 is 2.84 bits per heavy atom. The molecule has 0 saturated carbocycles. The quantitative estimate of drug-likeness (QED) is 0.762. The second-order valence-corrected chi connectivity index (χ2v) is 5.14. The Balaban J connectivity index is 2.36. The van der Waals surface area contributed by atoms with Gasteiger partial charge in [0.15, 0.2) is 11.5 Å². The zero-order valence-electron chi connectivity index (χ0n) is 11.5. The van der Waals surface area contributed by atoms with E-state index in [0.717, 1.165) is 28.4 Å². The van der Waals surface area contributed by atoms with Crippen LogP contribution in [0.15, 0.2) is 24.3 Å². The van der Waals surface area contributed by atoms with Crippen LogP contribution in [0, 0.1) is 6.92 Å². The Kier molecular flexibility index (Phi) is 2.66. The Morgan fingerprint density at radius 1 is 1.32 bits per heavy atom. The van der Waals surface area contributed by atoms with Gasteiger partial charge in [0.1, 0.15) is 0 Å². The van der Waals surface area contributed by atoms with Crippen LogP contribution in [0.4, 0.5) is 5.82 Å². The van der Waals surface area contributed by atoms with Crippen molar-refractivity contribution in [3.05, 3.63) is 29.8 Å². The predicted molar refractivity (Wildman–Crippen MR) is 79.2 cm³/mol. The summed E-state index contributed by atoms with van der Waals surface area (Å²) < 4.78 is 1.94. The van der Waals surface area contributed by atoms with Crippen molar-refractivity contribution in [2.45, 2.75) is 33.2 Å². The molecule has 0 saturated heterocycles. The number of nitrogens with zero attached hydrogens (tertiary/aromatic N) is 3. The Hall–Kier alpha value is -2.10. The standard InChI is InChI=1S/C15H18N4/c1-4-10(3)19-15-12(14(16)18-19)8-11-6-5-9(2)7-13(11)17-15/h5-8,10H,4H2,1-3H3,(H2,16,18)/t10-/m0/s1. The Labute approximate surface area is 112 Å². The number of fused-ring (bicyclic) bond motifs is 2. The van der Waals surface area contributed by atoms with Crippen molar-refractivity contribution in [3.8, 4) is 0 Å². The first-order valence-corrected chi connectivity index (χ1v) is 6.65. The Morgan fingerprint density at radius 2 is 2.11 bits per heavy atom. The molecule has 98 valence electrons. The van der Waals surface area contributed by atoms with E-state index in [2.05, 4.69) is 50.1 Å². The van der Waals surface area contributed by atoms with Crippen LogP contribution >= 0.6 is 0 Å². The summed E-state index contributed by atoms with van der Waals surface area (Å²) in [4.78, 5) is 4.75. The molecule has 4 nitrogen and oxygen atoms in total. The molecule has 0 radical (unpaired) electrons. The largest absolute Gasteiger partial charge is 0.382 e. The lowest BCUT2D eigenvalue weighted by Crippen LogP contribution is -2.06. The van der Waals surface area contributed by atoms with Gasteiger partial charge >= 0.3 is 0 Å². The van der Waals surface area contributed by atoms with E-state index in [-0.39, 0.29) is 0 Å². The third kappa shape index (κ3) is 1.84. The maximum absolute atomic E-state index is 6.02. The lowest BCUT2D eigenvalue weighted by atomic mass is 10.1. The van der Waals surface area contributed by atoms with Crippen LogP contribution in [0.2, 0.25) is 0 Å². The van der Waals surface area contributed by atoms with Crippen molar-refractivity contribution in [3.63, 3.8) is 0 Å². The minimum Gasteiger partial charge on any atom is -0.382 e. The summed E-state index contributed by atoms with van der Waals surface area (Å²) in [6.45, 7) is 6.35. The van der Waals surface area contributed by atoms with Crippen LogP contribution in [-0.2, 0) is 0 Å². The molecule has 0 bridgehead atoms. The molecule has 1 atom stereocenters. The van der Waals surface area contributed by atoms with Crippen molar-refractivity contribution >= 4 is 27.8 Å². The zero-order valence-corrected chi connectivity index (χ0v) is 11.5. The molecule has 0 aliphatic rings. The minimum absolute atomic E-state index is 0.301. The molecular formula is C15H18N4. The molecule has 0 aliphatic carbocycles. The number of aryl methyl sites for hydroxylation is 1. The number of benzene rings is 1. The molecule has 0 aliphatic heterocycles. The minimum atomic E-state index is 0.301. The molecule has 0 fully saturated rings. The van der Waals surface area contributed by atoms with Crippen LogP contribution in [0.1, 0.15) is 31.9 Å². The fourth-order valence-corrected chi connectivity index (χ4v) is 2.33. The molecule has 2 aromatic heterocycles.